The Morgan fingerprint density at radius 2 is 1.96 bits per heavy atom. The third kappa shape index (κ3) is 3.10. The summed E-state index contributed by atoms with van der Waals surface area (Å²) < 4.78 is 1.22. The lowest BCUT2D eigenvalue weighted by Crippen LogP contribution is -2.49. The zero-order valence-corrected chi connectivity index (χ0v) is 16.8. The number of hydrogen-bond acceptors (Lipinski definition) is 5. The number of piperidine rings is 1. The maximum atomic E-state index is 13.0. The summed E-state index contributed by atoms with van der Waals surface area (Å²) in [6.45, 7) is 2.17. The maximum Gasteiger partial charge on any atom is 0.326 e. The second kappa shape index (κ2) is 7.12. The number of imide groups is 1. The van der Waals surface area contributed by atoms with Crippen LogP contribution in [0.2, 0.25) is 0 Å². The fraction of sp³-hybridized carbons (Fsp3) is 0.571. The van der Waals surface area contributed by atoms with E-state index in [1.807, 2.05) is 6.07 Å². The molecule has 2 aromatic rings. The molecule has 1 aromatic carbocycles. The van der Waals surface area contributed by atoms with Gasteiger partial charge in [-0.15, -0.1) is 11.3 Å². The number of amides is 3. The number of urea groups is 1. The summed E-state index contributed by atoms with van der Waals surface area (Å²) in [6.07, 6.45) is 6.92. The Morgan fingerprint density at radius 1 is 1.14 bits per heavy atom. The highest BCUT2D eigenvalue weighted by molar-refractivity contribution is 7.18. The highest BCUT2D eigenvalue weighted by Crippen LogP contribution is 2.35. The monoisotopic (exact) mass is 398 g/mol. The topological polar surface area (TPSA) is 65.5 Å². The Bertz CT molecular complexity index is 872. The minimum atomic E-state index is -0.627. The Balaban J connectivity index is 1.29. The van der Waals surface area contributed by atoms with Crippen molar-refractivity contribution in [2.45, 2.75) is 56.4 Å². The summed E-state index contributed by atoms with van der Waals surface area (Å²) in [4.78, 5) is 34.1. The van der Waals surface area contributed by atoms with Crippen LogP contribution in [0.5, 0.6) is 0 Å². The molecule has 0 unspecified atom stereocenters. The van der Waals surface area contributed by atoms with Gasteiger partial charge in [0.1, 0.15) is 5.54 Å². The SMILES string of the molecule is O=C1NC2(CCCCC2)C(=O)N1CN1CCC[C@@H](c2nc3ccccc3s2)C1. The van der Waals surface area contributed by atoms with Gasteiger partial charge >= 0.3 is 6.03 Å². The van der Waals surface area contributed by atoms with Crippen LogP contribution in [0.4, 0.5) is 4.79 Å². The van der Waals surface area contributed by atoms with Gasteiger partial charge in [-0.3, -0.25) is 9.69 Å². The largest absolute Gasteiger partial charge is 0.326 e. The highest BCUT2D eigenvalue weighted by Gasteiger charge is 2.51. The molecule has 2 aliphatic heterocycles. The number of aromatic nitrogens is 1. The highest BCUT2D eigenvalue weighted by atomic mass is 32.1. The Morgan fingerprint density at radius 3 is 2.79 bits per heavy atom. The van der Waals surface area contributed by atoms with Gasteiger partial charge in [-0.1, -0.05) is 31.4 Å². The Hall–Kier alpha value is -1.99. The standard InChI is InChI=1S/C21H26N4O2S/c26-19-21(10-4-1-5-11-21)23-20(27)25(19)14-24-12-6-7-15(13-24)18-22-16-8-2-3-9-17(16)28-18/h2-3,8-9,15H,1,4-7,10-14H2,(H,23,27)/t15-/m1/s1. The van der Waals surface area contributed by atoms with Crippen LogP contribution in [-0.2, 0) is 4.79 Å². The zero-order valence-electron chi connectivity index (χ0n) is 16.0. The van der Waals surface area contributed by atoms with Crippen LogP contribution in [0.1, 0.15) is 55.9 Å². The molecule has 3 aliphatic rings. The van der Waals surface area contributed by atoms with Gasteiger partial charge in [0, 0.05) is 12.5 Å². The van der Waals surface area contributed by atoms with E-state index in [2.05, 4.69) is 28.4 Å². The Labute approximate surface area is 168 Å². The lowest BCUT2D eigenvalue weighted by molar-refractivity contribution is -0.134. The van der Waals surface area contributed by atoms with Crippen molar-refractivity contribution in [1.82, 2.24) is 20.1 Å². The number of carbonyl (C=O) groups is 2. The van der Waals surface area contributed by atoms with Crippen molar-refractivity contribution in [2.75, 3.05) is 19.8 Å². The van der Waals surface area contributed by atoms with Gasteiger partial charge in [0.05, 0.1) is 21.9 Å². The molecule has 5 rings (SSSR count). The Kier molecular flexibility index (Phi) is 4.59. The second-order valence-corrected chi connectivity index (χ2v) is 9.45. The minimum Gasteiger partial charge on any atom is -0.323 e. The smallest absolute Gasteiger partial charge is 0.323 e. The number of rotatable bonds is 3. The van der Waals surface area contributed by atoms with Crippen molar-refractivity contribution in [3.05, 3.63) is 29.3 Å². The molecule has 1 N–H and O–H groups in total. The van der Waals surface area contributed by atoms with E-state index in [-0.39, 0.29) is 11.9 Å². The lowest BCUT2D eigenvalue weighted by Gasteiger charge is -2.34. The van der Waals surface area contributed by atoms with Crippen molar-refractivity contribution >= 4 is 33.5 Å². The number of para-hydroxylation sites is 1. The molecule has 1 saturated carbocycles. The summed E-state index contributed by atoms with van der Waals surface area (Å²) in [6, 6.07) is 8.04. The summed E-state index contributed by atoms with van der Waals surface area (Å²) in [5, 5.41) is 4.19. The summed E-state index contributed by atoms with van der Waals surface area (Å²) in [5.74, 6) is 0.356. The first-order chi connectivity index (χ1) is 13.6. The number of benzene rings is 1. The quantitative estimate of drug-likeness (QED) is 0.801. The van der Waals surface area contributed by atoms with E-state index in [0.717, 1.165) is 63.6 Å². The number of hydrogen-bond donors (Lipinski definition) is 1. The molecular formula is C21H26N4O2S. The molecule has 0 radical (unpaired) electrons. The fourth-order valence-corrected chi connectivity index (χ4v) is 6.04. The summed E-state index contributed by atoms with van der Waals surface area (Å²) in [7, 11) is 0. The van der Waals surface area contributed by atoms with E-state index in [0.29, 0.717) is 12.6 Å². The predicted molar refractivity (Wildman–Crippen MR) is 109 cm³/mol. The molecule has 6 nitrogen and oxygen atoms in total. The molecule has 3 heterocycles. The van der Waals surface area contributed by atoms with Crippen LogP contribution in [0, 0.1) is 0 Å². The first kappa shape index (κ1) is 18.1. The van der Waals surface area contributed by atoms with Crippen molar-refractivity contribution in [1.29, 1.82) is 0 Å². The first-order valence-electron chi connectivity index (χ1n) is 10.4. The van der Waals surface area contributed by atoms with Gasteiger partial charge in [0.15, 0.2) is 0 Å². The van der Waals surface area contributed by atoms with Crippen molar-refractivity contribution in [3.63, 3.8) is 0 Å². The van der Waals surface area contributed by atoms with Gasteiger partial charge in [-0.25, -0.2) is 14.7 Å². The first-order valence-corrected chi connectivity index (χ1v) is 11.2. The van der Waals surface area contributed by atoms with Crippen molar-refractivity contribution in [3.8, 4) is 0 Å². The number of likely N-dealkylation sites (tertiary alicyclic amines) is 1. The molecule has 1 atom stereocenters. The van der Waals surface area contributed by atoms with Gasteiger partial charge in [-0.2, -0.15) is 0 Å². The normalized spacial score (nSPS) is 25.6. The van der Waals surface area contributed by atoms with Crippen molar-refractivity contribution < 1.29 is 9.59 Å². The van der Waals surface area contributed by atoms with Gasteiger partial charge in [0.2, 0.25) is 0 Å². The van der Waals surface area contributed by atoms with E-state index in [1.165, 1.54) is 14.6 Å². The molecule has 1 aromatic heterocycles. The molecule has 0 bridgehead atoms. The summed E-state index contributed by atoms with van der Waals surface area (Å²) in [5.41, 5.74) is 0.436. The molecule has 3 amide bonds. The number of nitrogens with one attached hydrogen (secondary N) is 1. The van der Waals surface area contributed by atoms with E-state index >= 15 is 0 Å². The van der Waals surface area contributed by atoms with Crippen LogP contribution < -0.4 is 5.32 Å². The average molecular weight is 399 g/mol. The molecule has 1 aliphatic carbocycles. The van der Waals surface area contributed by atoms with Gasteiger partial charge < -0.3 is 5.32 Å². The van der Waals surface area contributed by atoms with E-state index in [9.17, 15) is 9.59 Å². The van der Waals surface area contributed by atoms with Gasteiger partial charge in [0.25, 0.3) is 5.91 Å². The molecule has 148 valence electrons. The maximum absolute atomic E-state index is 13.0. The average Bonchev–Trinajstić information content (AvgIpc) is 3.24. The predicted octanol–water partition coefficient (Wildman–Crippen LogP) is 3.69. The van der Waals surface area contributed by atoms with Crippen LogP contribution >= 0.6 is 11.3 Å². The van der Waals surface area contributed by atoms with E-state index in [4.69, 9.17) is 4.98 Å². The summed E-state index contributed by atoms with van der Waals surface area (Å²) >= 11 is 1.77. The number of carbonyl (C=O) groups excluding carboxylic acids is 2. The minimum absolute atomic E-state index is 0.0145. The van der Waals surface area contributed by atoms with Crippen LogP contribution in [0.15, 0.2) is 24.3 Å². The number of fused-ring (bicyclic) bond motifs is 1. The van der Waals surface area contributed by atoms with E-state index < -0.39 is 5.54 Å². The lowest BCUT2D eigenvalue weighted by atomic mass is 9.82. The van der Waals surface area contributed by atoms with Crippen LogP contribution in [0.3, 0.4) is 0 Å². The molecule has 3 fully saturated rings. The molecular weight excluding hydrogens is 372 g/mol. The molecule has 28 heavy (non-hydrogen) atoms. The second-order valence-electron chi connectivity index (χ2n) is 8.38. The molecule has 7 heteroatoms. The van der Waals surface area contributed by atoms with Crippen LogP contribution in [0.25, 0.3) is 10.2 Å². The van der Waals surface area contributed by atoms with E-state index in [1.54, 1.807) is 11.3 Å². The number of thiazole rings is 1. The zero-order chi connectivity index (χ0) is 19.1. The third-order valence-electron chi connectivity index (χ3n) is 6.46. The number of nitrogens with zero attached hydrogens (tertiary/aromatic N) is 3. The molecule has 2 saturated heterocycles. The fourth-order valence-electron chi connectivity index (χ4n) is 4.95. The molecule has 1 spiro atoms. The third-order valence-corrected chi connectivity index (χ3v) is 7.66. The van der Waals surface area contributed by atoms with Gasteiger partial charge in [-0.05, 0) is 44.4 Å². The van der Waals surface area contributed by atoms with Crippen LogP contribution in [-0.4, -0.2) is 52.0 Å². The van der Waals surface area contributed by atoms with Crippen molar-refractivity contribution in [2.24, 2.45) is 0 Å².